The fourth-order valence-corrected chi connectivity index (χ4v) is 6.69. The van der Waals surface area contributed by atoms with E-state index < -0.39 is 37.8 Å². The summed E-state index contributed by atoms with van der Waals surface area (Å²) in [4.78, 5) is 29.9. The van der Waals surface area contributed by atoms with Crippen LogP contribution in [0, 0.1) is 0 Å². The Hall–Kier alpha value is -5.19. The highest BCUT2D eigenvalue weighted by molar-refractivity contribution is 7.38. The van der Waals surface area contributed by atoms with E-state index in [1.807, 2.05) is 84.9 Å². The molecule has 1 N–H and O–H groups in total. The molecule has 0 spiro atoms. The van der Waals surface area contributed by atoms with E-state index in [9.17, 15) is 14.2 Å². The second-order valence-corrected chi connectivity index (χ2v) is 12.7. The largest absolute Gasteiger partial charge is 0.505 e. The van der Waals surface area contributed by atoms with Gasteiger partial charge in [0.25, 0.3) is 5.91 Å². The van der Waals surface area contributed by atoms with Crippen LogP contribution in [0.5, 0.6) is 11.5 Å². The van der Waals surface area contributed by atoms with Gasteiger partial charge < -0.3 is 24.3 Å². The highest BCUT2D eigenvalue weighted by atomic mass is 31.1. The predicted molar refractivity (Wildman–Crippen MR) is 188 cm³/mol. The average Bonchev–Trinajstić information content (AvgIpc) is 3.54. The van der Waals surface area contributed by atoms with Crippen molar-refractivity contribution in [2.45, 2.75) is 30.5 Å². The van der Waals surface area contributed by atoms with Crippen molar-refractivity contribution >= 4 is 19.8 Å². The second-order valence-electron chi connectivity index (χ2n) is 11.6. The molecular formula is C38H37N3O8P+. The van der Waals surface area contributed by atoms with Gasteiger partial charge in [-0.25, -0.2) is 4.79 Å². The minimum Gasteiger partial charge on any atom is -0.497 e. The molecule has 0 aliphatic carbocycles. The topological polar surface area (TPSA) is 127 Å². The molecule has 1 aliphatic heterocycles. The third-order valence-corrected chi connectivity index (χ3v) is 9.09. The van der Waals surface area contributed by atoms with Crippen LogP contribution in [0.25, 0.3) is 0 Å². The highest BCUT2D eigenvalue weighted by Crippen LogP contribution is 2.43. The Balaban J connectivity index is 1.31. The Bertz CT molecular complexity index is 1920. The van der Waals surface area contributed by atoms with Gasteiger partial charge in [0, 0.05) is 18.2 Å². The smallest absolute Gasteiger partial charge is 0.497 e. The Morgan fingerprint density at radius 1 is 0.860 bits per heavy atom. The molecule has 1 amide bonds. The van der Waals surface area contributed by atoms with Gasteiger partial charge in [-0.3, -0.25) is 9.36 Å². The molecular weight excluding hydrogens is 657 g/mol. The number of ether oxygens (including phenoxy) is 4. The predicted octanol–water partition coefficient (Wildman–Crippen LogP) is 6.57. The van der Waals surface area contributed by atoms with E-state index in [1.165, 1.54) is 23.5 Å². The number of hydrogen-bond acceptors (Lipinski definition) is 9. The van der Waals surface area contributed by atoms with Crippen molar-refractivity contribution in [3.05, 3.63) is 154 Å². The number of anilines is 1. The number of aromatic nitrogens is 2. The van der Waals surface area contributed by atoms with Crippen LogP contribution in [0.15, 0.2) is 126 Å². The second kappa shape index (κ2) is 15.6. The Morgan fingerprint density at radius 2 is 1.42 bits per heavy atom. The standard InChI is InChI=1S/C38H36N3O8P/c1-45-30-18-14-28(15-19-30)38(27-12-8-5-9-13-27,29-16-20-31(46-2)21-17-29)47-25-33-32(49-50(3)44)24-35(48-33)41-23-22-34(40-37(41)43)39-36(42)26-10-6-4-7-11-26/h4-23,32-33,35H,24-25H2,1-3H3/p+1/t32-,33+,35+/m0/s1. The summed E-state index contributed by atoms with van der Waals surface area (Å²) < 4.78 is 43.9. The van der Waals surface area contributed by atoms with Gasteiger partial charge in [-0.2, -0.15) is 4.98 Å². The molecule has 256 valence electrons. The minimum atomic E-state index is -2.02. The fourth-order valence-electron chi connectivity index (χ4n) is 6.08. The van der Waals surface area contributed by atoms with E-state index in [-0.39, 0.29) is 24.8 Å². The SMILES string of the molecule is COc1ccc(C(OC[C@H]2O[C@@H](n3ccc(NC(=O)c4ccccc4)nc3=O)C[C@@H]2O[P+](C)=O)(c2ccccc2)c2ccc(OC)cc2)cc1. The molecule has 0 saturated carbocycles. The molecule has 4 atom stereocenters. The maximum absolute atomic E-state index is 13.2. The first kappa shape index (κ1) is 34.7. The zero-order valence-electron chi connectivity index (χ0n) is 27.8. The van der Waals surface area contributed by atoms with Gasteiger partial charge in [0.15, 0.2) is 6.66 Å². The summed E-state index contributed by atoms with van der Waals surface area (Å²) in [5, 5.41) is 2.66. The van der Waals surface area contributed by atoms with Crippen LogP contribution in [-0.2, 0) is 24.2 Å². The molecule has 1 unspecified atom stereocenters. The average molecular weight is 695 g/mol. The van der Waals surface area contributed by atoms with E-state index in [0.29, 0.717) is 17.1 Å². The van der Waals surface area contributed by atoms with E-state index in [4.69, 9.17) is 23.5 Å². The van der Waals surface area contributed by atoms with E-state index in [2.05, 4.69) is 10.3 Å². The molecule has 1 saturated heterocycles. The number of carbonyl (C=O) groups excluding carboxylic acids is 1. The lowest BCUT2D eigenvalue weighted by Gasteiger charge is -2.37. The Morgan fingerprint density at radius 3 is 1.96 bits per heavy atom. The summed E-state index contributed by atoms with van der Waals surface area (Å²) in [6, 6.07) is 35.3. The van der Waals surface area contributed by atoms with Gasteiger partial charge >= 0.3 is 13.7 Å². The molecule has 1 fully saturated rings. The van der Waals surface area contributed by atoms with Crippen LogP contribution in [-0.4, -0.2) is 55.2 Å². The molecule has 2 heterocycles. The van der Waals surface area contributed by atoms with Gasteiger partial charge in [-0.1, -0.05) is 72.8 Å². The first-order chi connectivity index (χ1) is 24.3. The third-order valence-electron chi connectivity index (χ3n) is 8.52. The van der Waals surface area contributed by atoms with Gasteiger partial charge in [0.2, 0.25) is 0 Å². The quantitative estimate of drug-likeness (QED) is 0.108. The molecule has 6 rings (SSSR count). The number of methoxy groups -OCH3 is 2. The van der Waals surface area contributed by atoms with Crippen molar-refractivity contribution < 1.29 is 32.8 Å². The monoisotopic (exact) mass is 694 g/mol. The molecule has 0 radical (unpaired) electrons. The fraction of sp³-hybridized carbons (Fsp3) is 0.237. The van der Waals surface area contributed by atoms with E-state index in [0.717, 1.165) is 16.7 Å². The maximum Gasteiger partial charge on any atom is 0.505 e. The number of hydrogen-bond donors (Lipinski definition) is 1. The van der Waals surface area contributed by atoms with Crippen LogP contribution < -0.4 is 20.5 Å². The van der Waals surface area contributed by atoms with Gasteiger partial charge in [-0.05, 0) is 63.7 Å². The summed E-state index contributed by atoms with van der Waals surface area (Å²) in [6.45, 7) is 1.48. The molecule has 4 aromatic carbocycles. The summed E-state index contributed by atoms with van der Waals surface area (Å²) in [5.74, 6) is 1.10. The molecule has 1 aliphatic rings. The summed E-state index contributed by atoms with van der Waals surface area (Å²) >= 11 is 0. The number of amides is 1. The van der Waals surface area contributed by atoms with Crippen molar-refractivity contribution in [3.8, 4) is 11.5 Å². The highest BCUT2D eigenvalue weighted by Gasteiger charge is 2.45. The maximum atomic E-state index is 13.2. The number of benzene rings is 4. The molecule has 1 aromatic heterocycles. The zero-order chi connectivity index (χ0) is 35.1. The lowest BCUT2D eigenvalue weighted by Crippen LogP contribution is -2.38. The molecule has 5 aromatic rings. The molecule has 11 nitrogen and oxygen atoms in total. The van der Waals surface area contributed by atoms with Gasteiger partial charge in [0.1, 0.15) is 41.4 Å². The van der Waals surface area contributed by atoms with Crippen molar-refractivity contribution in [3.63, 3.8) is 0 Å². The Labute approximate surface area is 290 Å². The first-order valence-electron chi connectivity index (χ1n) is 16.0. The Kier molecular flexibility index (Phi) is 10.8. The summed E-state index contributed by atoms with van der Waals surface area (Å²) in [7, 11) is 1.21. The third kappa shape index (κ3) is 7.51. The van der Waals surface area contributed by atoms with E-state index >= 15 is 0 Å². The van der Waals surface area contributed by atoms with Crippen molar-refractivity contribution in [1.82, 2.24) is 9.55 Å². The van der Waals surface area contributed by atoms with Gasteiger partial charge in [-0.15, -0.1) is 4.52 Å². The normalized spacial score (nSPS) is 17.6. The van der Waals surface area contributed by atoms with Crippen LogP contribution in [0.1, 0.15) is 39.7 Å². The zero-order valence-corrected chi connectivity index (χ0v) is 28.7. The number of nitrogens with zero attached hydrogens (tertiary/aromatic N) is 2. The van der Waals surface area contributed by atoms with Crippen molar-refractivity contribution in [2.75, 3.05) is 32.8 Å². The summed E-state index contributed by atoms with van der Waals surface area (Å²) in [5.41, 5.74) is 1.20. The van der Waals surface area contributed by atoms with Gasteiger partial charge in [0.05, 0.1) is 20.8 Å². The molecule has 12 heteroatoms. The van der Waals surface area contributed by atoms with E-state index in [1.54, 1.807) is 38.5 Å². The van der Waals surface area contributed by atoms with Crippen molar-refractivity contribution in [2.24, 2.45) is 0 Å². The lowest BCUT2D eigenvalue weighted by atomic mass is 9.80. The molecule has 50 heavy (non-hydrogen) atoms. The number of rotatable bonds is 13. The van der Waals surface area contributed by atoms with Crippen molar-refractivity contribution in [1.29, 1.82) is 0 Å². The minimum absolute atomic E-state index is 0.00465. The first-order valence-corrected chi connectivity index (χ1v) is 17.6. The summed E-state index contributed by atoms with van der Waals surface area (Å²) in [6.07, 6.45) is -0.462. The van der Waals surface area contributed by atoms with Crippen LogP contribution in [0.3, 0.4) is 0 Å². The van der Waals surface area contributed by atoms with Crippen LogP contribution >= 0.6 is 8.03 Å². The number of nitrogens with one attached hydrogen (secondary N) is 1. The number of carbonyl (C=O) groups is 1. The van der Waals surface area contributed by atoms with Crippen LogP contribution in [0.4, 0.5) is 5.82 Å². The molecule has 0 bridgehead atoms. The van der Waals surface area contributed by atoms with Crippen LogP contribution in [0.2, 0.25) is 0 Å². The lowest BCUT2D eigenvalue weighted by molar-refractivity contribution is -0.0909.